The first kappa shape index (κ1) is 12.2. The van der Waals surface area contributed by atoms with Gasteiger partial charge in [0.05, 0.1) is 12.1 Å². The van der Waals surface area contributed by atoms with Gasteiger partial charge < -0.3 is 21.3 Å². The van der Waals surface area contributed by atoms with Crippen molar-refractivity contribution in [1.82, 2.24) is 14.6 Å². The highest BCUT2D eigenvalue weighted by molar-refractivity contribution is 7.71. The maximum atomic E-state index is 11.3. The number of hydrogen-bond acceptors (Lipinski definition) is 6. The fourth-order valence-corrected chi connectivity index (χ4v) is 1.68. The molecule has 0 saturated carbocycles. The number of aromatic nitrogens is 3. The number of rotatable bonds is 2. The van der Waals surface area contributed by atoms with E-state index in [1.165, 1.54) is 4.68 Å². The lowest BCUT2D eigenvalue weighted by atomic mass is 10.3. The summed E-state index contributed by atoms with van der Waals surface area (Å²) in [6.07, 6.45) is -0.610. The van der Waals surface area contributed by atoms with Gasteiger partial charge in [0, 0.05) is 6.07 Å². The van der Waals surface area contributed by atoms with Gasteiger partial charge in [0.2, 0.25) is 0 Å². The van der Waals surface area contributed by atoms with Gasteiger partial charge in [-0.1, -0.05) is 0 Å². The Labute approximate surface area is 107 Å². The quantitative estimate of drug-likeness (QED) is 0.475. The molecule has 0 aliphatic carbocycles. The minimum absolute atomic E-state index is 0.189. The van der Waals surface area contributed by atoms with Crippen LogP contribution in [0.5, 0.6) is 0 Å². The molecule has 2 heterocycles. The molecule has 0 aromatic carbocycles. The standard InChI is InChI=1S/C9H12N6O2S/c1-2-17-9(16)13-5-3-4-6(7(10)12-5)14-8(18)15(4)11/h3H,2,11H2,1H3,(H,14,18)(H3,10,12,13,16). The summed E-state index contributed by atoms with van der Waals surface area (Å²) >= 11 is 4.97. The van der Waals surface area contributed by atoms with E-state index >= 15 is 0 Å². The highest BCUT2D eigenvalue weighted by Crippen LogP contribution is 2.20. The lowest BCUT2D eigenvalue weighted by Crippen LogP contribution is -2.15. The average molecular weight is 268 g/mol. The molecule has 0 radical (unpaired) electrons. The van der Waals surface area contributed by atoms with Crippen LogP contribution in [0.15, 0.2) is 6.07 Å². The van der Waals surface area contributed by atoms with E-state index in [4.69, 9.17) is 28.5 Å². The van der Waals surface area contributed by atoms with Crippen molar-refractivity contribution in [3.05, 3.63) is 10.8 Å². The second kappa shape index (κ2) is 4.53. The van der Waals surface area contributed by atoms with Crippen molar-refractivity contribution < 1.29 is 9.53 Å². The van der Waals surface area contributed by atoms with Crippen LogP contribution in [0.4, 0.5) is 16.4 Å². The van der Waals surface area contributed by atoms with E-state index in [1.807, 2.05) is 0 Å². The molecule has 0 fully saturated rings. The predicted molar refractivity (Wildman–Crippen MR) is 70.1 cm³/mol. The summed E-state index contributed by atoms with van der Waals surface area (Å²) in [5.41, 5.74) is 6.81. The van der Waals surface area contributed by atoms with Crippen LogP contribution in [0.2, 0.25) is 0 Å². The van der Waals surface area contributed by atoms with E-state index in [-0.39, 0.29) is 18.2 Å². The molecule has 6 N–H and O–H groups in total. The molecule has 0 atom stereocenters. The van der Waals surface area contributed by atoms with Crippen molar-refractivity contribution in [2.75, 3.05) is 23.5 Å². The fraction of sp³-hybridized carbons (Fsp3) is 0.222. The molecule has 0 aliphatic rings. The number of pyridine rings is 1. The summed E-state index contributed by atoms with van der Waals surface area (Å²) in [5, 5.41) is 2.44. The molecule has 96 valence electrons. The van der Waals surface area contributed by atoms with E-state index in [0.717, 1.165) is 0 Å². The number of amides is 1. The van der Waals surface area contributed by atoms with Crippen LogP contribution in [0.3, 0.4) is 0 Å². The first-order valence-electron chi connectivity index (χ1n) is 5.13. The smallest absolute Gasteiger partial charge is 0.412 e. The molecular formula is C9H12N6O2S. The Morgan fingerprint density at radius 2 is 2.44 bits per heavy atom. The summed E-state index contributed by atoms with van der Waals surface area (Å²) < 4.78 is 6.30. The van der Waals surface area contributed by atoms with Crippen molar-refractivity contribution in [2.45, 2.75) is 6.92 Å². The second-order valence-corrected chi connectivity index (χ2v) is 3.82. The maximum absolute atomic E-state index is 11.3. The maximum Gasteiger partial charge on any atom is 0.412 e. The second-order valence-electron chi connectivity index (χ2n) is 3.43. The molecule has 0 unspecified atom stereocenters. The van der Waals surface area contributed by atoms with Gasteiger partial charge in [-0.2, -0.15) is 0 Å². The van der Waals surface area contributed by atoms with Crippen LogP contribution in [-0.4, -0.2) is 27.3 Å². The number of imidazole rings is 1. The van der Waals surface area contributed by atoms with Gasteiger partial charge in [0.1, 0.15) is 11.3 Å². The van der Waals surface area contributed by atoms with Gasteiger partial charge in [-0.3, -0.25) is 5.32 Å². The SMILES string of the molecule is CCOC(=O)Nc1cc2c([nH]c(=S)n2N)c(N)n1. The monoisotopic (exact) mass is 268 g/mol. The van der Waals surface area contributed by atoms with Crippen molar-refractivity contribution in [3.63, 3.8) is 0 Å². The number of aromatic amines is 1. The van der Waals surface area contributed by atoms with E-state index in [2.05, 4.69) is 15.3 Å². The molecule has 2 aromatic heterocycles. The average Bonchev–Trinajstić information content (AvgIpc) is 2.57. The van der Waals surface area contributed by atoms with Crippen LogP contribution < -0.4 is 16.9 Å². The van der Waals surface area contributed by atoms with Gasteiger partial charge in [-0.05, 0) is 19.1 Å². The van der Waals surface area contributed by atoms with E-state index in [0.29, 0.717) is 15.8 Å². The van der Waals surface area contributed by atoms with Crippen molar-refractivity contribution in [2.24, 2.45) is 0 Å². The summed E-state index contributed by atoms with van der Waals surface area (Å²) in [4.78, 5) is 18.1. The number of anilines is 2. The topological polar surface area (TPSA) is 124 Å². The number of carbonyl (C=O) groups is 1. The summed E-state index contributed by atoms with van der Waals surface area (Å²) in [6.45, 7) is 1.97. The fourth-order valence-electron chi connectivity index (χ4n) is 1.48. The van der Waals surface area contributed by atoms with Crippen molar-refractivity contribution in [3.8, 4) is 0 Å². The largest absolute Gasteiger partial charge is 0.450 e. The molecule has 0 aliphatic heterocycles. The third-order valence-corrected chi connectivity index (χ3v) is 2.54. The molecular weight excluding hydrogens is 256 g/mol. The molecule has 2 rings (SSSR count). The number of H-pyrrole nitrogens is 1. The Hall–Kier alpha value is -2.29. The van der Waals surface area contributed by atoms with Crippen LogP contribution in [0, 0.1) is 4.77 Å². The number of carbonyl (C=O) groups excluding carboxylic acids is 1. The molecule has 2 aromatic rings. The number of nitrogens with zero attached hydrogens (tertiary/aromatic N) is 2. The molecule has 18 heavy (non-hydrogen) atoms. The van der Waals surface area contributed by atoms with Crippen LogP contribution in [-0.2, 0) is 4.74 Å². The minimum atomic E-state index is -0.610. The lowest BCUT2D eigenvalue weighted by molar-refractivity contribution is 0.168. The minimum Gasteiger partial charge on any atom is -0.450 e. The van der Waals surface area contributed by atoms with Crippen LogP contribution in [0.1, 0.15) is 6.92 Å². The summed E-state index contributed by atoms with van der Waals surface area (Å²) in [6, 6.07) is 1.55. The zero-order valence-corrected chi connectivity index (χ0v) is 10.4. The summed E-state index contributed by atoms with van der Waals surface area (Å²) in [5.74, 6) is 6.15. The van der Waals surface area contributed by atoms with Gasteiger partial charge in [0.15, 0.2) is 10.6 Å². The number of hydrogen-bond donors (Lipinski definition) is 4. The van der Waals surface area contributed by atoms with Crippen LogP contribution >= 0.6 is 12.2 Å². The van der Waals surface area contributed by atoms with Gasteiger partial charge in [-0.25, -0.2) is 14.5 Å². The molecule has 0 saturated heterocycles. The molecule has 1 amide bonds. The highest BCUT2D eigenvalue weighted by Gasteiger charge is 2.11. The van der Waals surface area contributed by atoms with E-state index in [9.17, 15) is 4.79 Å². The first-order valence-corrected chi connectivity index (χ1v) is 5.54. The molecule has 0 spiro atoms. The third kappa shape index (κ3) is 2.07. The zero-order chi connectivity index (χ0) is 13.3. The third-order valence-electron chi connectivity index (χ3n) is 2.24. The Morgan fingerprint density at radius 1 is 1.72 bits per heavy atom. The Balaban J connectivity index is 2.45. The first-order chi connectivity index (χ1) is 8.52. The Kier molecular flexibility index (Phi) is 3.06. The zero-order valence-electron chi connectivity index (χ0n) is 9.56. The van der Waals surface area contributed by atoms with Gasteiger partial charge >= 0.3 is 6.09 Å². The van der Waals surface area contributed by atoms with Crippen molar-refractivity contribution >= 4 is 41.0 Å². The molecule has 9 heteroatoms. The summed E-state index contributed by atoms with van der Waals surface area (Å²) in [7, 11) is 0. The Bertz CT molecular complexity index is 661. The Morgan fingerprint density at radius 3 is 3.11 bits per heavy atom. The van der Waals surface area contributed by atoms with Crippen LogP contribution in [0.25, 0.3) is 11.0 Å². The molecule has 0 bridgehead atoms. The van der Waals surface area contributed by atoms with Gasteiger partial charge in [0.25, 0.3) is 0 Å². The lowest BCUT2D eigenvalue weighted by Gasteiger charge is -2.06. The van der Waals surface area contributed by atoms with Crippen molar-refractivity contribution in [1.29, 1.82) is 0 Å². The number of fused-ring (bicyclic) bond motifs is 1. The molecule has 8 nitrogen and oxygen atoms in total. The number of nitrogens with one attached hydrogen (secondary N) is 2. The normalized spacial score (nSPS) is 10.5. The number of nitrogen functional groups attached to an aromatic ring is 2. The van der Waals surface area contributed by atoms with Gasteiger partial charge in [-0.15, -0.1) is 0 Å². The van der Waals surface area contributed by atoms with E-state index in [1.54, 1.807) is 13.0 Å². The predicted octanol–water partition coefficient (Wildman–Crippen LogP) is 0.958. The number of ether oxygens (including phenoxy) is 1. The van der Waals surface area contributed by atoms with E-state index < -0.39 is 6.09 Å². The number of nitrogens with two attached hydrogens (primary N) is 2. The highest BCUT2D eigenvalue weighted by atomic mass is 32.1.